The third-order valence-electron chi connectivity index (χ3n) is 5.37. The minimum absolute atomic E-state index is 0.154. The normalized spacial score (nSPS) is 15.5. The van der Waals surface area contributed by atoms with Crippen LogP contribution in [0.15, 0.2) is 29.1 Å². The summed E-state index contributed by atoms with van der Waals surface area (Å²) in [6.07, 6.45) is 2.46. The van der Waals surface area contributed by atoms with Crippen LogP contribution < -0.4 is 16.6 Å². The number of nitrogens with two attached hydrogens (primary N) is 1. The number of rotatable bonds is 5. The first kappa shape index (κ1) is 20.7. The van der Waals surface area contributed by atoms with E-state index in [0.29, 0.717) is 16.5 Å². The number of anilines is 1. The van der Waals surface area contributed by atoms with Crippen molar-refractivity contribution in [1.82, 2.24) is 9.78 Å². The number of carbonyl (C=O) groups is 3. The van der Waals surface area contributed by atoms with Gasteiger partial charge in [0, 0.05) is 10.3 Å². The van der Waals surface area contributed by atoms with Crippen molar-refractivity contribution in [2.45, 2.75) is 32.7 Å². The fraction of sp³-hybridized carbons (Fsp3) is 0.286. The second-order valence-electron chi connectivity index (χ2n) is 7.63. The summed E-state index contributed by atoms with van der Waals surface area (Å²) in [5.41, 5.74) is 5.86. The van der Waals surface area contributed by atoms with E-state index in [9.17, 15) is 24.3 Å². The van der Waals surface area contributed by atoms with E-state index < -0.39 is 29.9 Å². The smallest absolute Gasteiger partial charge is 0.357 e. The molecule has 31 heavy (non-hydrogen) atoms. The number of hydrogen-bond donors (Lipinski definition) is 3. The second kappa shape index (κ2) is 7.95. The van der Waals surface area contributed by atoms with Crippen molar-refractivity contribution in [3.63, 3.8) is 0 Å². The highest BCUT2D eigenvalue weighted by Gasteiger charge is 2.27. The molecule has 2 heterocycles. The predicted octanol–water partition coefficient (Wildman–Crippen LogP) is 2.02. The van der Waals surface area contributed by atoms with Crippen LogP contribution in [-0.2, 0) is 24.2 Å². The number of aromatic carboxylic acids is 1. The lowest BCUT2D eigenvalue weighted by molar-refractivity contribution is -0.117. The fourth-order valence-corrected chi connectivity index (χ4v) is 5.33. The minimum Gasteiger partial charge on any atom is -0.476 e. The van der Waals surface area contributed by atoms with Crippen molar-refractivity contribution in [1.29, 1.82) is 0 Å². The topological polar surface area (TPSA) is 144 Å². The van der Waals surface area contributed by atoms with Crippen molar-refractivity contribution in [3.05, 3.63) is 56.3 Å². The van der Waals surface area contributed by atoms with E-state index in [1.165, 1.54) is 23.5 Å². The number of fused-ring (bicyclic) bond motifs is 2. The van der Waals surface area contributed by atoms with Crippen molar-refractivity contribution >= 4 is 44.9 Å². The Balaban J connectivity index is 1.67. The number of carboxylic acid groups (broad SMARTS) is 1. The molecule has 0 fully saturated rings. The van der Waals surface area contributed by atoms with Crippen LogP contribution in [-0.4, -0.2) is 32.7 Å². The van der Waals surface area contributed by atoms with E-state index in [1.807, 2.05) is 0 Å². The van der Waals surface area contributed by atoms with E-state index in [0.717, 1.165) is 34.4 Å². The van der Waals surface area contributed by atoms with Gasteiger partial charge in [0.2, 0.25) is 5.91 Å². The second-order valence-corrected chi connectivity index (χ2v) is 8.74. The van der Waals surface area contributed by atoms with Gasteiger partial charge in [0.1, 0.15) is 11.5 Å². The maximum atomic E-state index is 12.7. The Bertz CT molecular complexity index is 1290. The quantitative estimate of drug-likeness (QED) is 0.554. The summed E-state index contributed by atoms with van der Waals surface area (Å²) in [5, 5.41) is 16.7. The summed E-state index contributed by atoms with van der Waals surface area (Å²) in [7, 11) is 0. The Morgan fingerprint density at radius 1 is 1.29 bits per heavy atom. The Morgan fingerprint density at radius 3 is 2.68 bits per heavy atom. The van der Waals surface area contributed by atoms with Crippen LogP contribution in [0, 0.1) is 5.92 Å². The highest BCUT2D eigenvalue weighted by molar-refractivity contribution is 7.17. The van der Waals surface area contributed by atoms with Gasteiger partial charge in [-0.2, -0.15) is 5.10 Å². The van der Waals surface area contributed by atoms with Crippen LogP contribution in [0.5, 0.6) is 0 Å². The van der Waals surface area contributed by atoms with E-state index in [4.69, 9.17) is 5.73 Å². The molecule has 0 saturated heterocycles. The number of carboxylic acids is 1. The Kier molecular flexibility index (Phi) is 5.32. The summed E-state index contributed by atoms with van der Waals surface area (Å²) in [4.78, 5) is 50.1. The molecule has 1 aliphatic carbocycles. The Morgan fingerprint density at radius 2 is 2.00 bits per heavy atom. The van der Waals surface area contributed by atoms with E-state index in [2.05, 4.69) is 17.3 Å². The van der Waals surface area contributed by atoms with Crippen LogP contribution in [0.3, 0.4) is 0 Å². The number of primary amides is 1. The molecular formula is C21H20N4O5S. The van der Waals surface area contributed by atoms with Gasteiger partial charge in [0.05, 0.1) is 10.9 Å². The van der Waals surface area contributed by atoms with Gasteiger partial charge in [-0.25, -0.2) is 9.48 Å². The third kappa shape index (κ3) is 3.81. The van der Waals surface area contributed by atoms with Gasteiger partial charge in [-0.05, 0) is 36.8 Å². The number of hydrogen-bond acceptors (Lipinski definition) is 6. The van der Waals surface area contributed by atoms with Crippen molar-refractivity contribution in [2.24, 2.45) is 11.7 Å². The van der Waals surface area contributed by atoms with Crippen LogP contribution in [0.4, 0.5) is 5.00 Å². The zero-order valence-corrected chi connectivity index (χ0v) is 17.5. The van der Waals surface area contributed by atoms with Gasteiger partial charge in [-0.3, -0.25) is 14.4 Å². The van der Waals surface area contributed by atoms with Crippen molar-refractivity contribution in [3.8, 4) is 0 Å². The summed E-state index contributed by atoms with van der Waals surface area (Å²) in [5.74, 6) is -2.04. The van der Waals surface area contributed by atoms with Crippen LogP contribution in [0.1, 0.15) is 44.6 Å². The predicted molar refractivity (Wildman–Crippen MR) is 116 cm³/mol. The largest absolute Gasteiger partial charge is 0.476 e. The highest BCUT2D eigenvalue weighted by atomic mass is 32.1. The zero-order chi connectivity index (χ0) is 22.3. The molecule has 9 nitrogen and oxygen atoms in total. The molecule has 3 aromatic rings. The Labute approximate surface area is 180 Å². The molecule has 0 unspecified atom stereocenters. The molecule has 2 amide bonds. The number of benzene rings is 1. The van der Waals surface area contributed by atoms with Crippen molar-refractivity contribution < 1.29 is 19.5 Å². The van der Waals surface area contributed by atoms with Gasteiger partial charge >= 0.3 is 5.97 Å². The molecular weight excluding hydrogens is 420 g/mol. The average molecular weight is 440 g/mol. The molecule has 1 aliphatic rings. The molecule has 0 spiro atoms. The molecule has 0 bridgehead atoms. The monoisotopic (exact) mass is 440 g/mol. The number of thiophene rings is 1. The van der Waals surface area contributed by atoms with E-state index in [-0.39, 0.29) is 16.5 Å². The maximum absolute atomic E-state index is 12.7. The summed E-state index contributed by atoms with van der Waals surface area (Å²) >= 11 is 1.31. The number of nitrogens with zero attached hydrogens (tertiary/aromatic N) is 2. The van der Waals surface area contributed by atoms with E-state index >= 15 is 0 Å². The van der Waals surface area contributed by atoms with Gasteiger partial charge in [-0.15, -0.1) is 11.3 Å². The van der Waals surface area contributed by atoms with Crippen LogP contribution >= 0.6 is 11.3 Å². The first-order valence-corrected chi connectivity index (χ1v) is 10.5. The molecule has 4 rings (SSSR count). The fourth-order valence-electron chi connectivity index (χ4n) is 3.90. The highest BCUT2D eigenvalue weighted by Crippen LogP contribution is 2.39. The SMILES string of the molecule is C[C@@H]1CCc2c(sc(NC(=O)Cn3nc(C(=O)O)c4ccccc4c3=O)c2C(N)=O)C1. The molecule has 160 valence electrons. The molecule has 0 radical (unpaired) electrons. The first-order valence-electron chi connectivity index (χ1n) is 9.73. The molecule has 1 atom stereocenters. The zero-order valence-electron chi connectivity index (χ0n) is 16.7. The van der Waals surface area contributed by atoms with Gasteiger partial charge in [-0.1, -0.05) is 25.1 Å². The molecule has 2 aromatic heterocycles. The minimum atomic E-state index is -1.30. The molecule has 1 aromatic carbocycles. The lowest BCUT2D eigenvalue weighted by Gasteiger charge is -2.18. The standard InChI is InChI=1S/C21H20N4O5S/c1-10-6-7-13-14(8-10)31-19(16(13)18(22)27)23-15(26)9-25-20(28)12-5-3-2-4-11(12)17(24-25)21(29)30/h2-5,10H,6-9H2,1H3,(H2,22,27)(H,23,26)(H,29,30)/t10-/m1/s1. The summed E-state index contributed by atoms with van der Waals surface area (Å²) in [6.45, 7) is 1.63. The van der Waals surface area contributed by atoms with Gasteiger partial charge in [0.15, 0.2) is 5.69 Å². The van der Waals surface area contributed by atoms with Gasteiger partial charge < -0.3 is 16.2 Å². The van der Waals surface area contributed by atoms with Crippen molar-refractivity contribution in [2.75, 3.05) is 5.32 Å². The molecule has 0 saturated carbocycles. The molecule has 0 aliphatic heterocycles. The Hall–Kier alpha value is -3.53. The average Bonchev–Trinajstić information content (AvgIpc) is 3.06. The number of nitrogens with one attached hydrogen (secondary N) is 1. The number of amides is 2. The van der Waals surface area contributed by atoms with E-state index in [1.54, 1.807) is 12.1 Å². The van der Waals surface area contributed by atoms with Crippen LogP contribution in [0.2, 0.25) is 0 Å². The molecule has 4 N–H and O–H groups in total. The van der Waals surface area contributed by atoms with Crippen LogP contribution in [0.25, 0.3) is 10.8 Å². The number of carbonyl (C=O) groups excluding carboxylic acids is 2. The molecule has 10 heteroatoms. The lowest BCUT2D eigenvalue weighted by atomic mass is 9.88. The summed E-state index contributed by atoms with van der Waals surface area (Å²) < 4.78 is 0.820. The lowest BCUT2D eigenvalue weighted by Crippen LogP contribution is -2.31. The van der Waals surface area contributed by atoms with Gasteiger partial charge in [0.25, 0.3) is 11.5 Å². The first-order chi connectivity index (χ1) is 14.8. The third-order valence-corrected chi connectivity index (χ3v) is 6.54. The number of aromatic nitrogens is 2. The summed E-state index contributed by atoms with van der Waals surface area (Å²) in [6, 6.07) is 6.20. The maximum Gasteiger partial charge on any atom is 0.357 e.